The summed E-state index contributed by atoms with van der Waals surface area (Å²) in [4.78, 5) is 1.34. The number of hydrogen-bond donors (Lipinski definition) is 0. The van der Waals surface area contributed by atoms with Crippen molar-refractivity contribution in [2.24, 2.45) is 0 Å². The fraction of sp³-hybridized carbons (Fsp3) is 0.100. The SMILES string of the molecule is CS(=O)(=O)c1ccc(C2=C(c3ccc(Cl)s3)Cc3ccccc3O2)cc1. The van der Waals surface area contributed by atoms with Crippen molar-refractivity contribution in [2.75, 3.05) is 6.26 Å². The number of sulfone groups is 1. The quantitative estimate of drug-likeness (QED) is 0.596. The van der Waals surface area contributed by atoms with E-state index in [2.05, 4.69) is 0 Å². The Morgan fingerprint density at radius 1 is 1.00 bits per heavy atom. The van der Waals surface area contributed by atoms with Crippen LogP contribution in [0.2, 0.25) is 4.34 Å². The molecule has 0 fully saturated rings. The molecule has 1 aliphatic heterocycles. The van der Waals surface area contributed by atoms with Crippen molar-refractivity contribution in [3.05, 3.63) is 81.0 Å². The minimum Gasteiger partial charge on any atom is -0.456 e. The maximum atomic E-state index is 11.7. The number of ether oxygens (including phenoxy) is 1. The van der Waals surface area contributed by atoms with Gasteiger partial charge in [-0.05, 0) is 48.0 Å². The molecule has 0 amide bonds. The van der Waals surface area contributed by atoms with E-state index in [0.717, 1.165) is 43.8 Å². The van der Waals surface area contributed by atoms with Gasteiger partial charge in [0.05, 0.1) is 9.23 Å². The van der Waals surface area contributed by atoms with E-state index in [9.17, 15) is 8.42 Å². The molecule has 2 heterocycles. The van der Waals surface area contributed by atoms with Gasteiger partial charge < -0.3 is 4.74 Å². The Kier molecular flexibility index (Phi) is 4.39. The molecular weight excluding hydrogens is 388 g/mol. The largest absolute Gasteiger partial charge is 0.456 e. The highest BCUT2D eigenvalue weighted by molar-refractivity contribution is 7.90. The van der Waals surface area contributed by atoms with Crippen LogP contribution in [-0.2, 0) is 16.3 Å². The molecule has 3 nitrogen and oxygen atoms in total. The summed E-state index contributed by atoms with van der Waals surface area (Å²) < 4.78 is 30.4. The van der Waals surface area contributed by atoms with Crippen molar-refractivity contribution in [1.29, 1.82) is 0 Å². The van der Waals surface area contributed by atoms with Gasteiger partial charge in [-0.2, -0.15) is 0 Å². The molecule has 0 radical (unpaired) electrons. The van der Waals surface area contributed by atoms with Gasteiger partial charge in [0.25, 0.3) is 0 Å². The minimum absolute atomic E-state index is 0.291. The molecule has 0 unspecified atom stereocenters. The van der Waals surface area contributed by atoms with Crippen LogP contribution >= 0.6 is 22.9 Å². The molecule has 3 aromatic rings. The van der Waals surface area contributed by atoms with Crippen LogP contribution in [0.5, 0.6) is 5.75 Å². The Bertz CT molecular complexity index is 1110. The van der Waals surface area contributed by atoms with Crippen LogP contribution in [0.1, 0.15) is 16.0 Å². The molecule has 0 N–H and O–H groups in total. The van der Waals surface area contributed by atoms with Crippen molar-refractivity contribution < 1.29 is 13.2 Å². The first-order valence-corrected chi connectivity index (χ1v) is 11.1. The molecule has 6 heteroatoms. The number of hydrogen-bond acceptors (Lipinski definition) is 4. The fourth-order valence-corrected chi connectivity index (χ4v) is 4.67. The molecule has 1 aliphatic rings. The zero-order valence-electron chi connectivity index (χ0n) is 13.9. The van der Waals surface area contributed by atoms with Gasteiger partial charge in [-0.1, -0.05) is 29.8 Å². The van der Waals surface area contributed by atoms with Gasteiger partial charge in [0.1, 0.15) is 11.5 Å². The summed E-state index contributed by atoms with van der Waals surface area (Å²) in [6, 6.07) is 18.6. The average Bonchev–Trinajstić information content (AvgIpc) is 3.06. The van der Waals surface area contributed by atoms with E-state index < -0.39 is 9.84 Å². The van der Waals surface area contributed by atoms with Gasteiger partial charge in [0.15, 0.2) is 9.84 Å². The molecule has 2 aromatic carbocycles. The monoisotopic (exact) mass is 402 g/mol. The van der Waals surface area contributed by atoms with Gasteiger partial charge in [0.2, 0.25) is 0 Å². The van der Waals surface area contributed by atoms with Gasteiger partial charge in [-0.15, -0.1) is 11.3 Å². The zero-order chi connectivity index (χ0) is 18.3. The molecule has 4 rings (SSSR count). The standard InChI is InChI=1S/C20H15ClO3S2/c1-26(22,23)15-8-6-13(7-9-15)20-16(18-10-11-19(21)25-18)12-14-4-2-3-5-17(14)24-20/h2-11H,12H2,1H3. The van der Waals surface area contributed by atoms with Crippen molar-refractivity contribution in [3.63, 3.8) is 0 Å². The van der Waals surface area contributed by atoms with Crippen LogP contribution in [0.3, 0.4) is 0 Å². The Morgan fingerprint density at radius 2 is 1.73 bits per heavy atom. The van der Waals surface area contributed by atoms with E-state index >= 15 is 0 Å². The van der Waals surface area contributed by atoms with Crippen LogP contribution < -0.4 is 4.74 Å². The number of allylic oxidation sites excluding steroid dienone is 1. The lowest BCUT2D eigenvalue weighted by atomic mass is 9.96. The number of thiophene rings is 1. The lowest BCUT2D eigenvalue weighted by Gasteiger charge is -2.23. The van der Waals surface area contributed by atoms with Crippen LogP contribution in [-0.4, -0.2) is 14.7 Å². The third-order valence-corrected chi connectivity index (χ3v) is 6.66. The third kappa shape index (κ3) is 3.30. The molecular formula is C20H15ClO3S2. The predicted molar refractivity (Wildman–Crippen MR) is 106 cm³/mol. The molecule has 0 bridgehead atoms. The summed E-state index contributed by atoms with van der Waals surface area (Å²) in [7, 11) is -3.23. The highest BCUT2D eigenvalue weighted by Gasteiger charge is 2.23. The van der Waals surface area contributed by atoms with Crippen LogP contribution in [0.15, 0.2) is 65.6 Å². The molecule has 0 saturated heterocycles. The lowest BCUT2D eigenvalue weighted by Crippen LogP contribution is -2.09. The Morgan fingerprint density at radius 3 is 2.38 bits per heavy atom. The average molecular weight is 403 g/mol. The van der Waals surface area contributed by atoms with E-state index in [4.69, 9.17) is 16.3 Å². The van der Waals surface area contributed by atoms with Gasteiger partial charge >= 0.3 is 0 Å². The Labute approximate surface area is 161 Å². The molecule has 0 aliphatic carbocycles. The molecule has 132 valence electrons. The summed E-state index contributed by atoms with van der Waals surface area (Å²) in [6.07, 6.45) is 1.93. The van der Waals surface area contributed by atoms with E-state index in [1.54, 1.807) is 24.3 Å². The second-order valence-corrected chi connectivity index (χ2v) is 9.83. The van der Waals surface area contributed by atoms with Crippen LogP contribution in [0.4, 0.5) is 0 Å². The van der Waals surface area contributed by atoms with Gasteiger partial charge in [-0.25, -0.2) is 8.42 Å². The van der Waals surface area contributed by atoms with Crippen molar-refractivity contribution in [2.45, 2.75) is 11.3 Å². The number of benzene rings is 2. The topological polar surface area (TPSA) is 43.4 Å². The first-order chi connectivity index (χ1) is 12.4. The predicted octanol–water partition coefficient (Wildman–Crippen LogP) is 5.31. The Hall–Kier alpha value is -2.08. The maximum Gasteiger partial charge on any atom is 0.175 e. The van der Waals surface area contributed by atoms with E-state index in [-0.39, 0.29) is 0 Å². The zero-order valence-corrected chi connectivity index (χ0v) is 16.3. The van der Waals surface area contributed by atoms with Gasteiger partial charge in [-0.3, -0.25) is 0 Å². The number of para-hydroxylation sites is 1. The first-order valence-electron chi connectivity index (χ1n) is 7.97. The van der Waals surface area contributed by atoms with E-state index in [1.807, 2.05) is 36.4 Å². The summed E-state index contributed by atoms with van der Waals surface area (Å²) in [5, 5.41) is 0. The lowest BCUT2D eigenvalue weighted by molar-refractivity contribution is 0.502. The number of rotatable bonds is 3. The summed E-state index contributed by atoms with van der Waals surface area (Å²) >= 11 is 7.64. The van der Waals surface area contributed by atoms with Crippen molar-refractivity contribution in [3.8, 4) is 5.75 Å². The number of fused-ring (bicyclic) bond motifs is 1. The van der Waals surface area contributed by atoms with Crippen LogP contribution in [0.25, 0.3) is 11.3 Å². The maximum absolute atomic E-state index is 11.7. The summed E-state index contributed by atoms with van der Waals surface area (Å²) in [5.74, 6) is 1.56. The number of halogens is 1. The van der Waals surface area contributed by atoms with E-state index in [0.29, 0.717) is 4.90 Å². The van der Waals surface area contributed by atoms with Crippen molar-refractivity contribution in [1.82, 2.24) is 0 Å². The van der Waals surface area contributed by atoms with Gasteiger partial charge in [0, 0.05) is 28.7 Å². The molecule has 0 atom stereocenters. The van der Waals surface area contributed by atoms with Crippen molar-refractivity contribution >= 4 is 44.1 Å². The first kappa shape index (κ1) is 17.3. The summed E-state index contributed by atoms with van der Waals surface area (Å²) in [5.41, 5.74) is 3.00. The second-order valence-electron chi connectivity index (χ2n) is 6.09. The normalized spacial score (nSPS) is 14.1. The summed E-state index contributed by atoms with van der Waals surface area (Å²) in [6.45, 7) is 0. The smallest absolute Gasteiger partial charge is 0.175 e. The van der Waals surface area contributed by atoms with Crippen LogP contribution in [0, 0.1) is 0 Å². The molecule has 1 aromatic heterocycles. The highest BCUT2D eigenvalue weighted by Crippen LogP contribution is 2.41. The molecule has 26 heavy (non-hydrogen) atoms. The highest BCUT2D eigenvalue weighted by atomic mass is 35.5. The third-order valence-electron chi connectivity index (χ3n) is 4.24. The molecule has 0 saturated carbocycles. The minimum atomic E-state index is -3.23. The second kappa shape index (κ2) is 6.58. The Balaban J connectivity index is 1.85. The fourth-order valence-electron chi connectivity index (χ4n) is 2.95. The van der Waals surface area contributed by atoms with E-state index in [1.165, 1.54) is 17.6 Å². The molecule has 0 spiro atoms.